The van der Waals surface area contributed by atoms with Gasteiger partial charge in [0, 0.05) is 37.8 Å². The molecule has 2 aliphatic heterocycles. The van der Waals surface area contributed by atoms with Crippen LogP contribution in [-0.2, 0) is 4.74 Å². The maximum absolute atomic E-state index is 5.70. The Kier molecular flexibility index (Phi) is 4.78. The largest absolute Gasteiger partial charge is 0.380 e. The van der Waals surface area contributed by atoms with Crippen molar-refractivity contribution in [2.24, 2.45) is 5.92 Å². The first-order chi connectivity index (χ1) is 9.34. The van der Waals surface area contributed by atoms with Crippen molar-refractivity contribution in [2.45, 2.75) is 70.0 Å². The van der Waals surface area contributed by atoms with E-state index in [9.17, 15) is 0 Å². The van der Waals surface area contributed by atoms with E-state index in [1.165, 1.54) is 51.5 Å². The molecule has 1 N–H and O–H groups in total. The van der Waals surface area contributed by atoms with Gasteiger partial charge in [-0.05, 0) is 38.5 Å². The lowest BCUT2D eigenvalue weighted by Crippen LogP contribution is -2.61. The number of nitrogens with zero attached hydrogens (tertiary/aromatic N) is 1. The van der Waals surface area contributed by atoms with Crippen LogP contribution in [0.1, 0.15) is 51.9 Å². The van der Waals surface area contributed by atoms with Gasteiger partial charge >= 0.3 is 0 Å². The van der Waals surface area contributed by atoms with Gasteiger partial charge in [0.05, 0.1) is 6.61 Å². The van der Waals surface area contributed by atoms with Crippen LogP contribution in [0.3, 0.4) is 0 Å². The van der Waals surface area contributed by atoms with Gasteiger partial charge in [-0.3, -0.25) is 4.90 Å². The number of hydrogen-bond donors (Lipinski definition) is 1. The molecule has 3 heteroatoms. The molecule has 3 aliphatic rings. The molecular weight excluding hydrogens is 236 g/mol. The molecule has 0 aromatic carbocycles. The molecule has 0 aromatic rings. The van der Waals surface area contributed by atoms with Crippen molar-refractivity contribution in [3.8, 4) is 0 Å². The van der Waals surface area contributed by atoms with Gasteiger partial charge < -0.3 is 10.1 Å². The second-order valence-corrected chi connectivity index (χ2v) is 6.83. The Morgan fingerprint density at radius 2 is 1.89 bits per heavy atom. The third-order valence-corrected chi connectivity index (χ3v) is 5.47. The molecule has 2 saturated heterocycles. The van der Waals surface area contributed by atoms with Crippen LogP contribution in [-0.4, -0.2) is 49.3 Å². The molecule has 3 fully saturated rings. The van der Waals surface area contributed by atoms with Crippen LogP contribution >= 0.6 is 0 Å². The van der Waals surface area contributed by atoms with E-state index in [0.717, 1.165) is 31.7 Å². The van der Waals surface area contributed by atoms with Gasteiger partial charge in [-0.2, -0.15) is 0 Å². The summed E-state index contributed by atoms with van der Waals surface area (Å²) in [4.78, 5) is 2.74. The van der Waals surface area contributed by atoms with E-state index >= 15 is 0 Å². The molecule has 0 radical (unpaired) electrons. The number of rotatable bonds is 2. The van der Waals surface area contributed by atoms with Crippen LogP contribution in [0.15, 0.2) is 0 Å². The molecule has 110 valence electrons. The lowest BCUT2D eigenvalue weighted by molar-refractivity contribution is -0.0181. The monoisotopic (exact) mass is 266 g/mol. The molecule has 0 amide bonds. The molecule has 3 rings (SSSR count). The molecule has 1 saturated carbocycles. The summed E-state index contributed by atoms with van der Waals surface area (Å²) in [5, 5.41) is 3.83. The minimum absolute atomic E-state index is 0.673. The standard InChI is InChI=1S/C16H30N2O/c1-13-10-17-16(14-6-3-2-4-7-14)11-18(13)15-8-5-9-19-12-15/h13-17H,2-12H2,1H3. The maximum atomic E-state index is 5.70. The Balaban J connectivity index is 1.59. The zero-order chi connectivity index (χ0) is 13.1. The normalized spacial score (nSPS) is 39.3. The first-order valence-electron chi connectivity index (χ1n) is 8.41. The average Bonchev–Trinajstić information content (AvgIpc) is 2.49. The highest BCUT2D eigenvalue weighted by Gasteiger charge is 2.34. The fraction of sp³-hybridized carbons (Fsp3) is 1.00. The van der Waals surface area contributed by atoms with Crippen LogP contribution in [0, 0.1) is 5.92 Å². The van der Waals surface area contributed by atoms with Gasteiger partial charge in [0.25, 0.3) is 0 Å². The first kappa shape index (κ1) is 13.8. The van der Waals surface area contributed by atoms with Crippen LogP contribution in [0.2, 0.25) is 0 Å². The van der Waals surface area contributed by atoms with E-state index in [4.69, 9.17) is 4.74 Å². The molecular formula is C16H30N2O. The topological polar surface area (TPSA) is 24.5 Å². The summed E-state index contributed by atoms with van der Waals surface area (Å²) >= 11 is 0. The highest BCUT2D eigenvalue weighted by molar-refractivity contribution is 4.92. The Labute approximate surface area is 118 Å². The van der Waals surface area contributed by atoms with Crippen LogP contribution in [0.5, 0.6) is 0 Å². The SMILES string of the molecule is CC1CNC(C2CCCCC2)CN1C1CCCOC1. The summed E-state index contributed by atoms with van der Waals surface area (Å²) in [6.45, 7) is 6.72. The third kappa shape index (κ3) is 3.32. The Bertz CT molecular complexity index is 272. The lowest BCUT2D eigenvalue weighted by atomic mass is 9.82. The van der Waals surface area contributed by atoms with E-state index in [1.807, 2.05) is 0 Å². The molecule has 0 aromatic heterocycles. The Morgan fingerprint density at radius 3 is 2.63 bits per heavy atom. The van der Waals surface area contributed by atoms with Crippen molar-refractivity contribution in [2.75, 3.05) is 26.3 Å². The summed E-state index contributed by atoms with van der Waals surface area (Å²) in [5.74, 6) is 0.924. The number of nitrogens with one attached hydrogen (secondary N) is 1. The van der Waals surface area contributed by atoms with Crippen molar-refractivity contribution in [1.82, 2.24) is 10.2 Å². The molecule has 0 bridgehead atoms. The minimum Gasteiger partial charge on any atom is -0.380 e. The second kappa shape index (κ2) is 6.55. The number of ether oxygens (including phenoxy) is 1. The van der Waals surface area contributed by atoms with Crippen molar-refractivity contribution >= 4 is 0 Å². The minimum atomic E-state index is 0.673. The summed E-state index contributed by atoms with van der Waals surface area (Å²) < 4.78 is 5.70. The van der Waals surface area contributed by atoms with E-state index in [1.54, 1.807) is 0 Å². The summed E-state index contributed by atoms with van der Waals surface area (Å²) in [6.07, 6.45) is 9.83. The number of piperazine rings is 1. The van der Waals surface area contributed by atoms with Gasteiger partial charge in [-0.1, -0.05) is 19.3 Å². The fourth-order valence-corrected chi connectivity index (χ4v) is 4.26. The Hall–Kier alpha value is -0.120. The molecule has 3 nitrogen and oxygen atoms in total. The van der Waals surface area contributed by atoms with Crippen molar-refractivity contribution in [3.05, 3.63) is 0 Å². The number of hydrogen-bond acceptors (Lipinski definition) is 3. The third-order valence-electron chi connectivity index (χ3n) is 5.47. The van der Waals surface area contributed by atoms with Gasteiger partial charge in [-0.25, -0.2) is 0 Å². The van der Waals surface area contributed by atoms with E-state index in [-0.39, 0.29) is 0 Å². The molecule has 1 aliphatic carbocycles. The zero-order valence-corrected chi connectivity index (χ0v) is 12.4. The highest BCUT2D eigenvalue weighted by Crippen LogP contribution is 2.29. The van der Waals surface area contributed by atoms with E-state index in [0.29, 0.717) is 12.1 Å². The van der Waals surface area contributed by atoms with Gasteiger partial charge in [0.1, 0.15) is 0 Å². The van der Waals surface area contributed by atoms with Crippen LogP contribution in [0.25, 0.3) is 0 Å². The smallest absolute Gasteiger partial charge is 0.0621 e. The Morgan fingerprint density at radius 1 is 1.05 bits per heavy atom. The molecule has 0 spiro atoms. The van der Waals surface area contributed by atoms with Gasteiger partial charge in [-0.15, -0.1) is 0 Å². The fourth-order valence-electron chi connectivity index (χ4n) is 4.26. The summed E-state index contributed by atoms with van der Waals surface area (Å²) in [6, 6.07) is 2.09. The van der Waals surface area contributed by atoms with Crippen molar-refractivity contribution < 1.29 is 4.74 Å². The second-order valence-electron chi connectivity index (χ2n) is 6.83. The summed E-state index contributed by atoms with van der Waals surface area (Å²) in [5.41, 5.74) is 0. The maximum Gasteiger partial charge on any atom is 0.0621 e. The zero-order valence-electron chi connectivity index (χ0n) is 12.4. The van der Waals surface area contributed by atoms with Crippen molar-refractivity contribution in [3.63, 3.8) is 0 Å². The average molecular weight is 266 g/mol. The predicted octanol–water partition coefficient (Wildman–Crippen LogP) is 2.41. The van der Waals surface area contributed by atoms with Crippen molar-refractivity contribution in [1.29, 1.82) is 0 Å². The predicted molar refractivity (Wildman–Crippen MR) is 78.4 cm³/mol. The quantitative estimate of drug-likeness (QED) is 0.830. The highest BCUT2D eigenvalue weighted by atomic mass is 16.5. The molecule has 2 heterocycles. The van der Waals surface area contributed by atoms with Gasteiger partial charge in [0.15, 0.2) is 0 Å². The van der Waals surface area contributed by atoms with Gasteiger partial charge in [0.2, 0.25) is 0 Å². The lowest BCUT2D eigenvalue weighted by Gasteiger charge is -2.47. The van der Waals surface area contributed by atoms with E-state index < -0.39 is 0 Å². The molecule has 3 unspecified atom stereocenters. The molecule has 3 atom stereocenters. The summed E-state index contributed by atoms with van der Waals surface area (Å²) in [7, 11) is 0. The molecule has 19 heavy (non-hydrogen) atoms. The first-order valence-corrected chi connectivity index (χ1v) is 8.41. The van der Waals surface area contributed by atoms with Crippen LogP contribution < -0.4 is 5.32 Å². The van der Waals surface area contributed by atoms with E-state index in [2.05, 4.69) is 17.1 Å². The van der Waals surface area contributed by atoms with Crippen LogP contribution in [0.4, 0.5) is 0 Å².